The molecule has 0 saturated heterocycles. The SMILES string of the molecule is Cc1nccnc1C1(N)CCC1. The molecule has 0 aromatic carbocycles. The predicted molar refractivity (Wildman–Crippen MR) is 46.5 cm³/mol. The fourth-order valence-corrected chi connectivity index (χ4v) is 1.69. The van der Waals surface area contributed by atoms with Crippen LogP contribution in [0.2, 0.25) is 0 Å². The van der Waals surface area contributed by atoms with Crippen molar-refractivity contribution in [2.45, 2.75) is 31.7 Å². The molecule has 0 bridgehead atoms. The third kappa shape index (κ3) is 1.01. The maximum atomic E-state index is 6.12. The summed E-state index contributed by atoms with van der Waals surface area (Å²) in [5.74, 6) is 0. The molecule has 1 fully saturated rings. The summed E-state index contributed by atoms with van der Waals surface area (Å²) in [4.78, 5) is 8.47. The first kappa shape index (κ1) is 7.68. The van der Waals surface area contributed by atoms with Crippen LogP contribution in [0.15, 0.2) is 12.4 Å². The summed E-state index contributed by atoms with van der Waals surface area (Å²) in [5.41, 5.74) is 7.91. The molecule has 0 radical (unpaired) electrons. The Morgan fingerprint density at radius 2 is 2.00 bits per heavy atom. The zero-order valence-electron chi connectivity index (χ0n) is 7.25. The van der Waals surface area contributed by atoms with Gasteiger partial charge in [0.05, 0.1) is 16.9 Å². The van der Waals surface area contributed by atoms with Gasteiger partial charge >= 0.3 is 0 Å². The average molecular weight is 163 g/mol. The van der Waals surface area contributed by atoms with Crippen LogP contribution in [0.3, 0.4) is 0 Å². The Morgan fingerprint density at radius 1 is 1.33 bits per heavy atom. The van der Waals surface area contributed by atoms with E-state index in [9.17, 15) is 0 Å². The lowest BCUT2D eigenvalue weighted by Gasteiger charge is -2.37. The number of aromatic nitrogens is 2. The van der Waals surface area contributed by atoms with Crippen molar-refractivity contribution in [2.24, 2.45) is 5.73 Å². The lowest BCUT2D eigenvalue weighted by molar-refractivity contribution is 0.244. The van der Waals surface area contributed by atoms with Crippen molar-refractivity contribution in [3.8, 4) is 0 Å². The van der Waals surface area contributed by atoms with E-state index in [1.165, 1.54) is 6.42 Å². The van der Waals surface area contributed by atoms with Gasteiger partial charge in [0, 0.05) is 12.4 Å². The highest BCUT2D eigenvalue weighted by Crippen LogP contribution is 2.38. The molecule has 0 atom stereocenters. The molecular formula is C9H13N3. The minimum Gasteiger partial charge on any atom is -0.320 e. The molecule has 1 saturated carbocycles. The van der Waals surface area contributed by atoms with E-state index in [1.807, 2.05) is 6.92 Å². The van der Waals surface area contributed by atoms with Crippen LogP contribution in [0.4, 0.5) is 0 Å². The molecular weight excluding hydrogens is 150 g/mol. The van der Waals surface area contributed by atoms with Gasteiger partial charge in [0.15, 0.2) is 0 Å². The van der Waals surface area contributed by atoms with Gasteiger partial charge < -0.3 is 5.73 Å². The van der Waals surface area contributed by atoms with Crippen molar-refractivity contribution in [3.05, 3.63) is 23.8 Å². The van der Waals surface area contributed by atoms with Crippen LogP contribution < -0.4 is 5.73 Å². The molecule has 64 valence electrons. The molecule has 0 unspecified atom stereocenters. The van der Waals surface area contributed by atoms with E-state index in [0.717, 1.165) is 24.2 Å². The van der Waals surface area contributed by atoms with E-state index in [4.69, 9.17) is 5.73 Å². The Kier molecular flexibility index (Phi) is 1.61. The van der Waals surface area contributed by atoms with Crippen molar-refractivity contribution in [1.82, 2.24) is 9.97 Å². The minimum absolute atomic E-state index is 0.168. The summed E-state index contributed by atoms with van der Waals surface area (Å²) < 4.78 is 0. The van der Waals surface area contributed by atoms with Gasteiger partial charge in [0.1, 0.15) is 0 Å². The van der Waals surface area contributed by atoms with Gasteiger partial charge in [-0.25, -0.2) is 0 Å². The molecule has 12 heavy (non-hydrogen) atoms. The first-order valence-corrected chi connectivity index (χ1v) is 4.29. The van der Waals surface area contributed by atoms with E-state index in [-0.39, 0.29) is 5.54 Å². The fourth-order valence-electron chi connectivity index (χ4n) is 1.69. The van der Waals surface area contributed by atoms with Gasteiger partial charge in [-0.3, -0.25) is 9.97 Å². The smallest absolute Gasteiger partial charge is 0.0814 e. The Bertz CT molecular complexity index is 292. The summed E-state index contributed by atoms with van der Waals surface area (Å²) in [7, 11) is 0. The van der Waals surface area contributed by atoms with Crippen LogP contribution >= 0.6 is 0 Å². The first-order chi connectivity index (χ1) is 5.72. The summed E-state index contributed by atoms with van der Waals surface area (Å²) in [5, 5.41) is 0. The van der Waals surface area contributed by atoms with Gasteiger partial charge in [0.25, 0.3) is 0 Å². The van der Waals surface area contributed by atoms with E-state index >= 15 is 0 Å². The summed E-state index contributed by atoms with van der Waals surface area (Å²) in [6.45, 7) is 1.97. The third-order valence-corrected chi connectivity index (χ3v) is 2.60. The highest BCUT2D eigenvalue weighted by Gasteiger charge is 2.37. The van der Waals surface area contributed by atoms with E-state index in [1.54, 1.807) is 12.4 Å². The number of aryl methyl sites for hydroxylation is 1. The molecule has 0 spiro atoms. The van der Waals surface area contributed by atoms with Gasteiger partial charge in [-0.1, -0.05) is 0 Å². The van der Waals surface area contributed by atoms with Crippen LogP contribution in [-0.2, 0) is 5.54 Å². The van der Waals surface area contributed by atoms with Crippen molar-refractivity contribution in [3.63, 3.8) is 0 Å². The standard InChI is InChI=1S/C9H13N3/c1-7-8(12-6-5-11-7)9(10)3-2-4-9/h5-6H,2-4,10H2,1H3. The van der Waals surface area contributed by atoms with Crippen LogP contribution in [0.1, 0.15) is 30.7 Å². The Morgan fingerprint density at radius 3 is 2.50 bits per heavy atom. The molecule has 1 aromatic rings. The topological polar surface area (TPSA) is 51.8 Å². The zero-order chi connectivity index (χ0) is 8.60. The predicted octanol–water partition coefficient (Wildman–Crippen LogP) is 1.12. The van der Waals surface area contributed by atoms with Crippen molar-refractivity contribution < 1.29 is 0 Å². The second-order valence-electron chi connectivity index (χ2n) is 3.50. The monoisotopic (exact) mass is 163 g/mol. The van der Waals surface area contributed by atoms with Gasteiger partial charge in [-0.2, -0.15) is 0 Å². The number of nitrogens with two attached hydrogens (primary N) is 1. The van der Waals surface area contributed by atoms with Gasteiger partial charge in [-0.05, 0) is 26.2 Å². The summed E-state index contributed by atoms with van der Waals surface area (Å²) in [6, 6.07) is 0. The lowest BCUT2D eigenvalue weighted by atomic mass is 9.74. The number of hydrogen-bond acceptors (Lipinski definition) is 3. The maximum absolute atomic E-state index is 6.12. The van der Waals surface area contributed by atoms with Crippen LogP contribution in [0.5, 0.6) is 0 Å². The number of nitrogens with zero attached hydrogens (tertiary/aromatic N) is 2. The molecule has 0 amide bonds. The Balaban J connectivity index is 2.39. The Hall–Kier alpha value is -0.960. The highest BCUT2D eigenvalue weighted by molar-refractivity contribution is 5.21. The van der Waals surface area contributed by atoms with E-state index in [2.05, 4.69) is 9.97 Å². The molecule has 3 nitrogen and oxygen atoms in total. The molecule has 2 N–H and O–H groups in total. The maximum Gasteiger partial charge on any atom is 0.0814 e. The lowest BCUT2D eigenvalue weighted by Crippen LogP contribution is -2.44. The van der Waals surface area contributed by atoms with Crippen LogP contribution in [-0.4, -0.2) is 9.97 Å². The quantitative estimate of drug-likeness (QED) is 0.675. The molecule has 3 heteroatoms. The third-order valence-electron chi connectivity index (χ3n) is 2.60. The molecule has 2 rings (SSSR count). The molecule has 1 aliphatic carbocycles. The van der Waals surface area contributed by atoms with Crippen LogP contribution in [0.25, 0.3) is 0 Å². The fraction of sp³-hybridized carbons (Fsp3) is 0.556. The Labute approximate surface area is 72.0 Å². The van der Waals surface area contributed by atoms with Crippen molar-refractivity contribution in [1.29, 1.82) is 0 Å². The van der Waals surface area contributed by atoms with Crippen molar-refractivity contribution in [2.75, 3.05) is 0 Å². The normalized spacial score (nSPS) is 20.2. The first-order valence-electron chi connectivity index (χ1n) is 4.29. The molecule has 1 aromatic heterocycles. The number of hydrogen-bond donors (Lipinski definition) is 1. The number of rotatable bonds is 1. The zero-order valence-corrected chi connectivity index (χ0v) is 7.25. The molecule has 0 aliphatic heterocycles. The summed E-state index contributed by atoms with van der Waals surface area (Å²) in [6.07, 6.45) is 6.74. The van der Waals surface area contributed by atoms with E-state index in [0.29, 0.717) is 0 Å². The average Bonchev–Trinajstić information content (AvgIpc) is 2.01. The molecule has 1 heterocycles. The van der Waals surface area contributed by atoms with Crippen LogP contribution in [0, 0.1) is 6.92 Å². The second kappa shape index (κ2) is 2.52. The largest absolute Gasteiger partial charge is 0.320 e. The van der Waals surface area contributed by atoms with E-state index < -0.39 is 0 Å². The van der Waals surface area contributed by atoms with Crippen molar-refractivity contribution >= 4 is 0 Å². The summed E-state index contributed by atoms with van der Waals surface area (Å²) >= 11 is 0. The second-order valence-corrected chi connectivity index (χ2v) is 3.50. The minimum atomic E-state index is -0.168. The van der Waals surface area contributed by atoms with Gasteiger partial charge in [-0.15, -0.1) is 0 Å². The molecule has 1 aliphatic rings. The van der Waals surface area contributed by atoms with Gasteiger partial charge in [0.2, 0.25) is 0 Å². The highest BCUT2D eigenvalue weighted by atomic mass is 14.9.